The van der Waals surface area contributed by atoms with E-state index in [-0.39, 0.29) is 30.0 Å². The molecule has 0 saturated carbocycles. The maximum Gasteiger partial charge on any atom is 0.227 e. The fourth-order valence-electron chi connectivity index (χ4n) is 2.33. The maximum atomic E-state index is 12.9. The highest BCUT2D eigenvalue weighted by Gasteiger charge is 2.34. The topological polar surface area (TPSA) is 58.6 Å². The zero-order chi connectivity index (χ0) is 15.2. The minimum absolute atomic E-state index is 0.112. The van der Waals surface area contributed by atoms with Crippen LogP contribution >= 0.6 is 0 Å². The van der Waals surface area contributed by atoms with Crippen LogP contribution < -0.4 is 10.2 Å². The predicted molar refractivity (Wildman–Crippen MR) is 76.4 cm³/mol. The van der Waals surface area contributed by atoms with Gasteiger partial charge in [0.15, 0.2) is 0 Å². The van der Waals surface area contributed by atoms with Gasteiger partial charge in [-0.3, -0.25) is 9.59 Å². The van der Waals surface area contributed by atoms with E-state index in [1.54, 1.807) is 19.2 Å². The Kier molecular flexibility index (Phi) is 5.27. The number of nitrogens with zero attached hydrogens (tertiary/aromatic N) is 1. The van der Waals surface area contributed by atoms with Crippen LogP contribution in [0.1, 0.15) is 12.8 Å². The molecule has 1 aliphatic heterocycles. The summed E-state index contributed by atoms with van der Waals surface area (Å²) >= 11 is 0. The van der Waals surface area contributed by atoms with Crippen LogP contribution in [0.25, 0.3) is 0 Å². The van der Waals surface area contributed by atoms with Gasteiger partial charge in [0.2, 0.25) is 11.8 Å². The van der Waals surface area contributed by atoms with Crippen molar-refractivity contribution in [2.24, 2.45) is 5.92 Å². The lowest BCUT2D eigenvalue weighted by molar-refractivity contribution is -0.126. The van der Waals surface area contributed by atoms with Crippen LogP contribution in [0.2, 0.25) is 0 Å². The number of benzene rings is 1. The van der Waals surface area contributed by atoms with E-state index in [0.29, 0.717) is 25.4 Å². The van der Waals surface area contributed by atoms with Crippen molar-refractivity contribution in [3.8, 4) is 0 Å². The quantitative estimate of drug-likeness (QED) is 0.805. The Labute approximate surface area is 123 Å². The number of carbonyl (C=O) groups is 2. The molecule has 1 N–H and O–H groups in total. The van der Waals surface area contributed by atoms with Crippen LogP contribution in [-0.2, 0) is 14.3 Å². The number of rotatable bonds is 6. The van der Waals surface area contributed by atoms with E-state index in [0.717, 1.165) is 6.42 Å². The molecule has 2 rings (SSSR count). The molecular formula is C15H19FN2O3. The highest BCUT2D eigenvalue weighted by Crippen LogP contribution is 2.25. The van der Waals surface area contributed by atoms with Crippen LogP contribution in [0.15, 0.2) is 24.3 Å². The highest BCUT2D eigenvalue weighted by molar-refractivity contribution is 6.00. The number of nitrogens with one attached hydrogen (secondary N) is 1. The summed E-state index contributed by atoms with van der Waals surface area (Å²) in [6, 6.07) is 5.71. The summed E-state index contributed by atoms with van der Waals surface area (Å²) in [5, 5.41) is 2.80. The fraction of sp³-hybridized carbons (Fsp3) is 0.467. The van der Waals surface area contributed by atoms with Crippen LogP contribution in [0.4, 0.5) is 10.1 Å². The molecule has 1 aromatic carbocycles. The average Bonchev–Trinajstić information content (AvgIpc) is 2.86. The summed E-state index contributed by atoms with van der Waals surface area (Å²) in [4.78, 5) is 25.5. The molecule has 1 aromatic rings. The van der Waals surface area contributed by atoms with Gasteiger partial charge in [0, 0.05) is 38.9 Å². The predicted octanol–water partition coefficient (Wildman–Crippen LogP) is 1.33. The third-order valence-corrected chi connectivity index (χ3v) is 3.46. The van der Waals surface area contributed by atoms with Crippen LogP contribution in [0.5, 0.6) is 0 Å². The lowest BCUT2D eigenvalue weighted by Gasteiger charge is -2.16. The maximum absolute atomic E-state index is 12.9. The first-order valence-electron chi connectivity index (χ1n) is 6.94. The zero-order valence-corrected chi connectivity index (χ0v) is 12.0. The molecule has 0 radical (unpaired) electrons. The average molecular weight is 294 g/mol. The van der Waals surface area contributed by atoms with Gasteiger partial charge in [-0.05, 0) is 30.7 Å². The van der Waals surface area contributed by atoms with Crippen molar-refractivity contribution in [2.45, 2.75) is 12.8 Å². The van der Waals surface area contributed by atoms with E-state index in [4.69, 9.17) is 4.74 Å². The van der Waals surface area contributed by atoms with Gasteiger partial charge >= 0.3 is 0 Å². The van der Waals surface area contributed by atoms with E-state index in [9.17, 15) is 14.0 Å². The van der Waals surface area contributed by atoms with Crippen molar-refractivity contribution >= 4 is 17.5 Å². The van der Waals surface area contributed by atoms with Crippen LogP contribution in [-0.4, -0.2) is 38.6 Å². The highest BCUT2D eigenvalue weighted by atomic mass is 19.1. The third-order valence-electron chi connectivity index (χ3n) is 3.46. The van der Waals surface area contributed by atoms with Crippen molar-refractivity contribution in [1.29, 1.82) is 0 Å². The van der Waals surface area contributed by atoms with Crippen molar-refractivity contribution in [2.75, 3.05) is 31.7 Å². The molecule has 1 heterocycles. The number of carbonyl (C=O) groups excluding carboxylic acids is 2. The Morgan fingerprint density at radius 3 is 2.81 bits per heavy atom. The van der Waals surface area contributed by atoms with Gasteiger partial charge in [-0.1, -0.05) is 0 Å². The molecule has 1 atom stereocenters. The normalized spacial score (nSPS) is 18.1. The smallest absolute Gasteiger partial charge is 0.227 e. The molecule has 6 heteroatoms. The molecular weight excluding hydrogens is 275 g/mol. The van der Waals surface area contributed by atoms with Gasteiger partial charge in [-0.2, -0.15) is 0 Å². The SMILES string of the molecule is COCCCNC(=O)[C@@H]1CC(=O)N(c2ccc(F)cc2)C1. The number of halogens is 1. The number of hydrogen-bond donors (Lipinski definition) is 1. The Hall–Kier alpha value is -1.95. The first-order valence-corrected chi connectivity index (χ1v) is 6.94. The van der Waals surface area contributed by atoms with E-state index < -0.39 is 0 Å². The largest absolute Gasteiger partial charge is 0.385 e. The fourth-order valence-corrected chi connectivity index (χ4v) is 2.33. The molecule has 0 aromatic heterocycles. The van der Waals surface area contributed by atoms with Gasteiger partial charge < -0.3 is 15.0 Å². The molecule has 1 fully saturated rings. The summed E-state index contributed by atoms with van der Waals surface area (Å²) < 4.78 is 17.8. The number of anilines is 1. The summed E-state index contributed by atoms with van der Waals surface area (Å²) in [5.74, 6) is -0.939. The minimum Gasteiger partial charge on any atom is -0.385 e. The third kappa shape index (κ3) is 4.01. The molecule has 0 bridgehead atoms. The first kappa shape index (κ1) is 15.4. The van der Waals surface area contributed by atoms with Gasteiger partial charge in [-0.25, -0.2) is 4.39 Å². The van der Waals surface area contributed by atoms with E-state index in [1.165, 1.54) is 17.0 Å². The summed E-state index contributed by atoms with van der Waals surface area (Å²) in [6.45, 7) is 1.46. The van der Waals surface area contributed by atoms with Crippen molar-refractivity contribution in [1.82, 2.24) is 5.32 Å². The summed E-state index contributed by atoms with van der Waals surface area (Å²) in [7, 11) is 1.61. The number of hydrogen-bond acceptors (Lipinski definition) is 3. The molecule has 5 nitrogen and oxygen atoms in total. The summed E-state index contributed by atoms with van der Waals surface area (Å²) in [6.07, 6.45) is 0.929. The number of methoxy groups -OCH3 is 1. The molecule has 0 aliphatic carbocycles. The molecule has 2 amide bonds. The monoisotopic (exact) mass is 294 g/mol. The second-order valence-corrected chi connectivity index (χ2v) is 5.02. The lowest BCUT2D eigenvalue weighted by Crippen LogP contribution is -2.33. The van der Waals surface area contributed by atoms with E-state index in [2.05, 4.69) is 5.32 Å². The van der Waals surface area contributed by atoms with Gasteiger partial charge in [0.25, 0.3) is 0 Å². The lowest BCUT2D eigenvalue weighted by atomic mass is 10.1. The van der Waals surface area contributed by atoms with Crippen LogP contribution in [0, 0.1) is 11.7 Å². The van der Waals surface area contributed by atoms with Crippen molar-refractivity contribution in [3.63, 3.8) is 0 Å². The summed E-state index contributed by atoms with van der Waals surface area (Å²) in [5.41, 5.74) is 0.621. The molecule has 21 heavy (non-hydrogen) atoms. The molecule has 1 saturated heterocycles. The zero-order valence-electron chi connectivity index (χ0n) is 12.0. The first-order chi connectivity index (χ1) is 10.1. The molecule has 1 aliphatic rings. The number of amides is 2. The number of ether oxygens (including phenoxy) is 1. The molecule has 0 unspecified atom stereocenters. The Balaban J connectivity index is 1.90. The Morgan fingerprint density at radius 2 is 2.14 bits per heavy atom. The Bertz CT molecular complexity index is 504. The standard InChI is InChI=1S/C15H19FN2O3/c1-21-8-2-7-17-15(20)11-9-14(19)18(10-11)13-5-3-12(16)4-6-13/h3-6,11H,2,7-10H2,1H3,(H,17,20)/t11-/m1/s1. The van der Waals surface area contributed by atoms with E-state index >= 15 is 0 Å². The molecule has 0 spiro atoms. The van der Waals surface area contributed by atoms with Gasteiger partial charge in [-0.15, -0.1) is 0 Å². The van der Waals surface area contributed by atoms with Crippen molar-refractivity contribution in [3.05, 3.63) is 30.1 Å². The van der Waals surface area contributed by atoms with E-state index in [1.807, 2.05) is 0 Å². The molecule has 114 valence electrons. The van der Waals surface area contributed by atoms with Gasteiger partial charge in [0.1, 0.15) is 5.82 Å². The second-order valence-electron chi connectivity index (χ2n) is 5.02. The Morgan fingerprint density at radius 1 is 1.43 bits per heavy atom. The second kappa shape index (κ2) is 7.17. The van der Waals surface area contributed by atoms with Crippen molar-refractivity contribution < 1.29 is 18.7 Å². The van der Waals surface area contributed by atoms with Gasteiger partial charge in [0.05, 0.1) is 5.92 Å². The van der Waals surface area contributed by atoms with Crippen LogP contribution in [0.3, 0.4) is 0 Å². The minimum atomic E-state index is -0.356.